The molecular formula is C14H18O5. The highest BCUT2D eigenvalue weighted by Gasteiger charge is 2.26. The van der Waals surface area contributed by atoms with Gasteiger partial charge in [-0.05, 0) is 31.7 Å². The predicted octanol–water partition coefficient (Wildman–Crippen LogP) is 2.13. The normalized spacial score (nSPS) is 17.2. The number of rotatable bonds is 5. The minimum atomic E-state index is -1.61. The Labute approximate surface area is 111 Å². The van der Waals surface area contributed by atoms with Crippen molar-refractivity contribution in [2.45, 2.75) is 37.9 Å². The maximum atomic E-state index is 10.9. The third-order valence-electron chi connectivity index (χ3n) is 3.34. The lowest BCUT2D eigenvalue weighted by molar-refractivity contribution is -0.147. The fourth-order valence-electron chi connectivity index (χ4n) is 2.34. The molecule has 5 nitrogen and oxygen atoms in total. The monoisotopic (exact) mass is 266 g/mol. The molecule has 0 spiro atoms. The number of methoxy groups -OCH3 is 1. The second-order valence-corrected chi connectivity index (χ2v) is 4.64. The van der Waals surface area contributed by atoms with E-state index in [1.54, 1.807) is 18.2 Å². The fourth-order valence-corrected chi connectivity index (χ4v) is 2.34. The van der Waals surface area contributed by atoms with E-state index >= 15 is 0 Å². The number of carboxylic acids is 1. The minimum Gasteiger partial charge on any atom is -0.493 e. The minimum absolute atomic E-state index is 0.0658. The van der Waals surface area contributed by atoms with Crippen LogP contribution in [-0.4, -0.2) is 29.4 Å². The van der Waals surface area contributed by atoms with Crippen LogP contribution in [0.5, 0.6) is 11.5 Å². The van der Waals surface area contributed by atoms with Gasteiger partial charge in [-0.2, -0.15) is 0 Å². The van der Waals surface area contributed by atoms with E-state index < -0.39 is 12.1 Å². The lowest BCUT2D eigenvalue weighted by Crippen LogP contribution is -2.17. The smallest absolute Gasteiger partial charge is 0.337 e. The van der Waals surface area contributed by atoms with Gasteiger partial charge in [0.2, 0.25) is 0 Å². The van der Waals surface area contributed by atoms with Crippen molar-refractivity contribution in [3.8, 4) is 11.5 Å². The van der Waals surface area contributed by atoms with Gasteiger partial charge < -0.3 is 19.7 Å². The Balaban J connectivity index is 2.33. The number of aliphatic carboxylic acids is 1. The van der Waals surface area contributed by atoms with Crippen molar-refractivity contribution in [2.24, 2.45) is 0 Å². The molecule has 1 aliphatic rings. The molecule has 0 aromatic heterocycles. The number of carboxylic acid groups (broad SMARTS) is 1. The van der Waals surface area contributed by atoms with Gasteiger partial charge in [0.25, 0.3) is 0 Å². The summed E-state index contributed by atoms with van der Waals surface area (Å²) >= 11 is 0. The molecule has 1 aliphatic carbocycles. The second-order valence-electron chi connectivity index (χ2n) is 4.64. The standard InChI is InChI=1S/C14H18O5/c1-18-11-8-4-7-10(12(15)14(16)17)13(11)19-9-5-2-3-6-9/h4,7-9,12,15H,2-3,5-6H2,1H3,(H,16,17). The molecule has 0 saturated heterocycles. The summed E-state index contributed by atoms with van der Waals surface area (Å²) < 4.78 is 11.0. The van der Waals surface area contributed by atoms with Crippen molar-refractivity contribution in [1.29, 1.82) is 0 Å². The molecule has 1 atom stereocenters. The van der Waals surface area contributed by atoms with E-state index in [1.807, 2.05) is 0 Å². The molecule has 5 heteroatoms. The van der Waals surface area contributed by atoms with E-state index in [2.05, 4.69) is 0 Å². The van der Waals surface area contributed by atoms with Gasteiger partial charge >= 0.3 is 5.97 Å². The molecule has 1 fully saturated rings. The van der Waals surface area contributed by atoms with Crippen molar-refractivity contribution in [2.75, 3.05) is 7.11 Å². The number of carbonyl (C=O) groups is 1. The molecule has 1 saturated carbocycles. The summed E-state index contributed by atoms with van der Waals surface area (Å²) in [6, 6.07) is 4.88. The lowest BCUT2D eigenvalue weighted by atomic mass is 10.1. The van der Waals surface area contributed by atoms with Gasteiger partial charge in [-0.25, -0.2) is 4.79 Å². The summed E-state index contributed by atoms with van der Waals surface area (Å²) in [5.74, 6) is -0.513. The van der Waals surface area contributed by atoms with Gasteiger partial charge in [0.05, 0.1) is 13.2 Å². The highest BCUT2D eigenvalue weighted by molar-refractivity contribution is 5.75. The number of aliphatic hydroxyl groups excluding tert-OH is 1. The zero-order valence-electron chi connectivity index (χ0n) is 10.8. The summed E-state index contributed by atoms with van der Waals surface area (Å²) in [6.45, 7) is 0. The Bertz CT molecular complexity index is 451. The fraction of sp³-hybridized carbons (Fsp3) is 0.500. The average Bonchev–Trinajstić information content (AvgIpc) is 2.91. The molecule has 1 aromatic carbocycles. The van der Waals surface area contributed by atoms with Crippen LogP contribution in [0.1, 0.15) is 37.4 Å². The molecular weight excluding hydrogens is 248 g/mol. The maximum Gasteiger partial charge on any atom is 0.337 e. The zero-order chi connectivity index (χ0) is 13.8. The number of benzene rings is 1. The second kappa shape index (κ2) is 5.93. The summed E-state index contributed by atoms with van der Waals surface area (Å²) in [6.07, 6.45) is 2.57. The quantitative estimate of drug-likeness (QED) is 0.853. The number of para-hydroxylation sites is 1. The average molecular weight is 266 g/mol. The van der Waals surface area contributed by atoms with E-state index in [-0.39, 0.29) is 11.7 Å². The van der Waals surface area contributed by atoms with Crippen LogP contribution < -0.4 is 9.47 Å². The Hall–Kier alpha value is -1.75. The van der Waals surface area contributed by atoms with Crippen molar-refractivity contribution in [1.82, 2.24) is 0 Å². The molecule has 1 aromatic rings. The number of hydrogen-bond donors (Lipinski definition) is 2. The van der Waals surface area contributed by atoms with Gasteiger partial charge in [-0.3, -0.25) is 0 Å². The molecule has 1 unspecified atom stereocenters. The Morgan fingerprint density at radius 1 is 1.37 bits per heavy atom. The Morgan fingerprint density at radius 3 is 2.63 bits per heavy atom. The first-order valence-electron chi connectivity index (χ1n) is 6.38. The third kappa shape index (κ3) is 2.98. The van der Waals surface area contributed by atoms with E-state index in [4.69, 9.17) is 14.6 Å². The van der Waals surface area contributed by atoms with Crippen LogP contribution in [-0.2, 0) is 4.79 Å². The van der Waals surface area contributed by atoms with Crippen LogP contribution in [0, 0.1) is 0 Å². The highest BCUT2D eigenvalue weighted by Crippen LogP contribution is 2.37. The van der Waals surface area contributed by atoms with Crippen LogP contribution in [0.3, 0.4) is 0 Å². The first-order valence-corrected chi connectivity index (χ1v) is 6.38. The SMILES string of the molecule is COc1cccc(C(O)C(=O)O)c1OC1CCCC1. The van der Waals surface area contributed by atoms with Gasteiger partial charge in [0.15, 0.2) is 17.6 Å². The molecule has 2 rings (SSSR count). The van der Waals surface area contributed by atoms with Crippen LogP contribution in [0.25, 0.3) is 0 Å². The zero-order valence-corrected chi connectivity index (χ0v) is 10.8. The molecule has 104 valence electrons. The van der Waals surface area contributed by atoms with E-state index in [0.29, 0.717) is 11.5 Å². The first-order chi connectivity index (χ1) is 9.13. The Kier molecular flexibility index (Phi) is 4.27. The number of hydrogen-bond acceptors (Lipinski definition) is 4. The molecule has 0 radical (unpaired) electrons. The third-order valence-corrected chi connectivity index (χ3v) is 3.34. The summed E-state index contributed by atoms with van der Waals surface area (Å²) in [4.78, 5) is 10.9. The predicted molar refractivity (Wildman–Crippen MR) is 68.5 cm³/mol. The number of aliphatic hydroxyl groups is 1. The Morgan fingerprint density at radius 2 is 2.05 bits per heavy atom. The summed E-state index contributed by atoms with van der Waals surface area (Å²) in [5, 5.41) is 18.7. The molecule has 19 heavy (non-hydrogen) atoms. The van der Waals surface area contributed by atoms with Crippen LogP contribution in [0.2, 0.25) is 0 Å². The van der Waals surface area contributed by atoms with Crippen molar-refractivity contribution in [3.63, 3.8) is 0 Å². The van der Waals surface area contributed by atoms with Gasteiger partial charge in [-0.15, -0.1) is 0 Å². The van der Waals surface area contributed by atoms with Gasteiger partial charge in [0.1, 0.15) is 0 Å². The molecule has 0 aliphatic heterocycles. The van der Waals surface area contributed by atoms with Crippen LogP contribution >= 0.6 is 0 Å². The summed E-state index contributed by atoms with van der Waals surface area (Å²) in [5.41, 5.74) is 0.235. The van der Waals surface area contributed by atoms with E-state index in [1.165, 1.54) is 7.11 Å². The molecule has 0 heterocycles. The van der Waals surface area contributed by atoms with Crippen LogP contribution in [0.15, 0.2) is 18.2 Å². The van der Waals surface area contributed by atoms with Gasteiger partial charge in [-0.1, -0.05) is 12.1 Å². The molecule has 0 bridgehead atoms. The molecule has 2 N–H and O–H groups in total. The largest absolute Gasteiger partial charge is 0.493 e. The lowest BCUT2D eigenvalue weighted by Gasteiger charge is -2.20. The van der Waals surface area contributed by atoms with E-state index in [9.17, 15) is 9.90 Å². The highest BCUT2D eigenvalue weighted by atomic mass is 16.5. The van der Waals surface area contributed by atoms with Crippen molar-refractivity contribution >= 4 is 5.97 Å². The van der Waals surface area contributed by atoms with E-state index in [0.717, 1.165) is 25.7 Å². The van der Waals surface area contributed by atoms with Crippen molar-refractivity contribution in [3.05, 3.63) is 23.8 Å². The van der Waals surface area contributed by atoms with Crippen molar-refractivity contribution < 1.29 is 24.5 Å². The van der Waals surface area contributed by atoms with Gasteiger partial charge in [0, 0.05) is 5.56 Å². The first kappa shape index (κ1) is 13.7. The molecule has 0 amide bonds. The van der Waals surface area contributed by atoms with Crippen LogP contribution in [0.4, 0.5) is 0 Å². The number of ether oxygens (including phenoxy) is 2. The topological polar surface area (TPSA) is 76.0 Å². The maximum absolute atomic E-state index is 10.9. The summed E-state index contributed by atoms with van der Waals surface area (Å²) in [7, 11) is 1.49.